The lowest BCUT2D eigenvalue weighted by atomic mass is 9.99. The Hall–Kier alpha value is -2.23. The molecule has 1 aromatic carbocycles. The average Bonchev–Trinajstić information content (AvgIpc) is 2.67. The SMILES string of the molecule is CC(C)=CCc1c(OC2OC(CO)C(O)C(O)C2O)ccc2ccc(=O)oc12. The molecule has 4 N–H and O–H groups in total. The summed E-state index contributed by atoms with van der Waals surface area (Å²) in [6.45, 7) is 3.31. The molecular formula is C20H24O8. The lowest BCUT2D eigenvalue weighted by Gasteiger charge is -2.39. The average molecular weight is 392 g/mol. The van der Waals surface area contributed by atoms with Gasteiger partial charge in [0.25, 0.3) is 0 Å². The van der Waals surface area contributed by atoms with Gasteiger partial charge < -0.3 is 34.3 Å². The maximum absolute atomic E-state index is 11.7. The fourth-order valence-corrected chi connectivity index (χ4v) is 3.07. The molecule has 8 heteroatoms. The third-order valence-electron chi connectivity index (χ3n) is 4.66. The van der Waals surface area contributed by atoms with Gasteiger partial charge in [-0.05, 0) is 38.5 Å². The maximum atomic E-state index is 11.7. The van der Waals surface area contributed by atoms with Crippen molar-refractivity contribution in [1.29, 1.82) is 0 Å². The molecule has 1 fully saturated rings. The van der Waals surface area contributed by atoms with Gasteiger partial charge >= 0.3 is 5.63 Å². The molecule has 2 heterocycles. The van der Waals surface area contributed by atoms with Crippen LogP contribution in [0.1, 0.15) is 19.4 Å². The van der Waals surface area contributed by atoms with E-state index in [1.807, 2.05) is 19.9 Å². The van der Waals surface area contributed by atoms with E-state index < -0.39 is 42.9 Å². The van der Waals surface area contributed by atoms with Crippen LogP contribution in [0.15, 0.2) is 45.1 Å². The summed E-state index contributed by atoms with van der Waals surface area (Å²) < 4.78 is 16.6. The van der Waals surface area contributed by atoms with Crippen LogP contribution in [-0.4, -0.2) is 57.7 Å². The minimum atomic E-state index is -1.55. The number of aliphatic hydroxyl groups is 4. The topological polar surface area (TPSA) is 130 Å². The van der Waals surface area contributed by atoms with E-state index >= 15 is 0 Å². The number of ether oxygens (including phenoxy) is 2. The maximum Gasteiger partial charge on any atom is 0.336 e. The molecule has 1 saturated heterocycles. The minimum Gasteiger partial charge on any atom is -0.462 e. The van der Waals surface area contributed by atoms with Crippen LogP contribution < -0.4 is 10.4 Å². The summed E-state index contributed by atoms with van der Waals surface area (Å²) in [5.41, 5.74) is 1.48. The molecule has 28 heavy (non-hydrogen) atoms. The van der Waals surface area contributed by atoms with Gasteiger partial charge in [-0.1, -0.05) is 11.6 Å². The molecule has 1 aromatic heterocycles. The van der Waals surface area contributed by atoms with E-state index in [1.165, 1.54) is 6.07 Å². The Morgan fingerprint density at radius 1 is 1.11 bits per heavy atom. The van der Waals surface area contributed by atoms with Crippen molar-refractivity contribution in [3.8, 4) is 5.75 Å². The Labute approximate surface area is 161 Å². The molecule has 0 spiro atoms. The summed E-state index contributed by atoms with van der Waals surface area (Å²) >= 11 is 0. The van der Waals surface area contributed by atoms with Crippen molar-refractivity contribution in [2.75, 3.05) is 6.61 Å². The molecule has 5 atom stereocenters. The molecule has 5 unspecified atom stereocenters. The minimum absolute atomic E-state index is 0.295. The Bertz CT molecular complexity index is 912. The Morgan fingerprint density at radius 3 is 2.50 bits per heavy atom. The second kappa shape index (κ2) is 8.42. The predicted molar refractivity (Wildman–Crippen MR) is 100 cm³/mol. The van der Waals surface area contributed by atoms with Gasteiger partial charge in [0.1, 0.15) is 35.7 Å². The summed E-state index contributed by atoms with van der Waals surface area (Å²) in [7, 11) is 0. The number of aliphatic hydroxyl groups excluding tert-OH is 4. The third-order valence-corrected chi connectivity index (χ3v) is 4.66. The van der Waals surface area contributed by atoms with E-state index in [2.05, 4.69) is 0 Å². The second-order valence-corrected chi connectivity index (χ2v) is 7.02. The van der Waals surface area contributed by atoms with E-state index in [-0.39, 0.29) is 0 Å². The number of fused-ring (bicyclic) bond motifs is 1. The molecular weight excluding hydrogens is 368 g/mol. The van der Waals surface area contributed by atoms with E-state index in [1.54, 1.807) is 18.2 Å². The van der Waals surface area contributed by atoms with Crippen LogP contribution in [0, 0.1) is 0 Å². The van der Waals surface area contributed by atoms with Crippen molar-refractivity contribution in [1.82, 2.24) is 0 Å². The van der Waals surface area contributed by atoms with E-state index in [0.717, 1.165) is 5.57 Å². The molecule has 8 nitrogen and oxygen atoms in total. The lowest BCUT2D eigenvalue weighted by molar-refractivity contribution is -0.277. The van der Waals surface area contributed by atoms with Crippen molar-refractivity contribution in [3.63, 3.8) is 0 Å². The molecule has 1 aliphatic heterocycles. The third kappa shape index (κ3) is 4.11. The fourth-order valence-electron chi connectivity index (χ4n) is 3.07. The van der Waals surface area contributed by atoms with Gasteiger partial charge in [-0.2, -0.15) is 0 Å². The Morgan fingerprint density at radius 2 is 1.82 bits per heavy atom. The highest BCUT2D eigenvalue weighted by Gasteiger charge is 2.44. The van der Waals surface area contributed by atoms with Gasteiger partial charge in [0.15, 0.2) is 0 Å². The van der Waals surface area contributed by atoms with Crippen LogP contribution >= 0.6 is 0 Å². The highest BCUT2D eigenvalue weighted by atomic mass is 16.7. The standard InChI is InChI=1S/C20H24O8/c1-10(2)3-6-12-13(7-4-11-5-8-15(22)28-19(11)12)26-20-18(25)17(24)16(23)14(9-21)27-20/h3-5,7-8,14,16-18,20-21,23-25H,6,9H2,1-2H3. The molecule has 0 saturated carbocycles. The molecule has 2 aromatic rings. The summed E-state index contributed by atoms with van der Waals surface area (Å²) in [5.74, 6) is 0.295. The van der Waals surface area contributed by atoms with Gasteiger partial charge in [0.2, 0.25) is 6.29 Å². The monoisotopic (exact) mass is 392 g/mol. The van der Waals surface area contributed by atoms with Crippen molar-refractivity contribution in [2.45, 2.75) is 51.0 Å². The summed E-state index contributed by atoms with van der Waals surface area (Å²) in [4.78, 5) is 11.7. The van der Waals surface area contributed by atoms with Gasteiger partial charge in [0.05, 0.1) is 6.61 Å². The summed E-state index contributed by atoms with van der Waals surface area (Å²) in [6.07, 6.45) is -4.62. The molecule has 1 aliphatic rings. The smallest absolute Gasteiger partial charge is 0.336 e. The van der Waals surface area contributed by atoms with Crippen molar-refractivity contribution in [3.05, 3.63) is 51.9 Å². The number of hydrogen-bond acceptors (Lipinski definition) is 8. The largest absolute Gasteiger partial charge is 0.462 e. The van der Waals surface area contributed by atoms with Crippen molar-refractivity contribution < 1.29 is 34.3 Å². The zero-order valence-electron chi connectivity index (χ0n) is 15.6. The summed E-state index contributed by atoms with van der Waals surface area (Å²) in [5, 5.41) is 40.1. The zero-order valence-corrected chi connectivity index (χ0v) is 15.6. The van der Waals surface area contributed by atoms with Crippen LogP contribution in [-0.2, 0) is 11.2 Å². The predicted octanol–water partition coefficient (Wildman–Crippen LogP) is 0.480. The quantitative estimate of drug-likeness (QED) is 0.427. The van der Waals surface area contributed by atoms with Gasteiger partial charge in [-0.3, -0.25) is 0 Å². The van der Waals surface area contributed by atoms with E-state index in [4.69, 9.17) is 13.9 Å². The first-order chi connectivity index (χ1) is 13.3. The lowest BCUT2D eigenvalue weighted by Crippen LogP contribution is -2.60. The van der Waals surface area contributed by atoms with Gasteiger partial charge in [0, 0.05) is 17.0 Å². The van der Waals surface area contributed by atoms with Crippen molar-refractivity contribution in [2.24, 2.45) is 0 Å². The first-order valence-electron chi connectivity index (χ1n) is 8.98. The van der Waals surface area contributed by atoms with E-state index in [0.29, 0.717) is 28.7 Å². The van der Waals surface area contributed by atoms with Crippen LogP contribution in [0.5, 0.6) is 5.75 Å². The van der Waals surface area contributed by atoms with Crippen LogP contribution in [0.4, 0.5) is 0 Å². The molecule has 0 bridgehead atoms. The highest BCUT2D eigenvalue weighted by Crippen LogP contribution is 2.31. The molecule has 3 rings (SSSR count). The van der Waals surface area contributed by atoms with Crippen molar-refractivity contribution >= 4 is 11.0 Å². The zero-order chi connectivity index (χ0) is 20.4. The first kappa shape index (κ1) is 20.5. The first-order valence-corrected chi connectivity index (χ1v) is 8.98. The van der Waals surface area contributed by atoms with Crippen LogP contribution in [0.2, 0.25) is 0 Å². The van der Waals surface area contributed by atoms with E-state index in [9.17, 15) is 25.2 Å². The normalized spacial score (nSPS) is 27.6. The second-order valence-electron chi connectivity index (χ2n) is 7.02. The number of rotatable bonds is 5. The number of benzene rings is 1. The number of allylic oxidation sites excluding steroid dienone is 2. The molecule has 0 radical (unpaired) electrons. The van der Waals surface area contributed by atoms with Gasteiger partial charge in [-0.15, -0.1) is 0 Å². The highest BCUT2D eigenvalue weighted by molar-refractivity contribution is 5.82. The van der Waals surface area contributed by atoms with Crippen LogP contribution in [0.25, 0.3) is 11.0 Å². The molecule has 0 amide bonds. The Balaban J connectivity index is 2.01. The number of hydrogen-bond donors (Lipinski definition) is 4. The van der Waals surface area contributed by atoms with Gasteiger partial charge in [-0.25, -0.2) is 4.79 Å². The summed E-state index contributed by atoms with van der Waals surface area (Å²) in [6, 6.07) is 6.32. The Kier molecular flexibility index (Phi) is 6.17. The molecule has 152 valence electrons. The van der Waals surface area contributed by atoms with Crippen LogP contribution in [0.3, 0.4) is 0 Å². The molecule has 0 aliphatic carbocycles. The fraction of sp³-hybridized carbons (Fsp3) is 0.450.